The van der Waals surface area contributed by atoms with Crippen LogP contribution < -0.4 is 14.8 Å². The van der Waals surface area contributed by atoms with Gasteiger partial charge in [0.15, 0.2) is 11.5 Å². The highest BCUT2D eigenvalue weighted by atomic mass is 35.5. The number of pyridine rings is 1. The molecule has 1 amide bonds. The number of carbonyl (C=O) groups is 1. The number of thioether (sulfide) groups is 1. The second-order valence-corrected chi connectivity index (χ2v) is 7.48. The van der Waals surface area contributed by atoms with E-state index in [1.54, 1.807) is 18.3 Å². The van der Waals surface area contributed by atoms with E-state index in [1.807, 2.05) is 42.5 Å². The molecule has 4 rings (SSSR count). The summed E-state index contributed by atoms with van der Waals surface area (Å²) in [4.78, 5) is 17.1. The number of aromatic nitrogens is 1. The summed E-state index contributed by atoms with van der Waals surface area (Å²) in [6, 6.07) is 16.8. The zero-order valence-corrected chi connectivity index (χ0v) is 16.4. The molecule has 1 aromatic heterocycles. The van der Waals surface area contributed by atoms with E-state index in [2.05, 4.69) is 10.3 Å². The number of fused-ring (bicyclic) bond motifs is 1. The first-order valence-corrected chi connectivity index (χ1v) is 10.0. The topological polar surface area (TPSA) is 60.5 Å². The molecular weight excluding hydrogens is 396 g/mol. The van der Waals surface area contributed by atoms with Crippen LogP contribution in [0, 0.1) is 0 Å². The molecule has 28 heavy (non-hydrogen) atoms. The second-order valence-electron chi connectivity index (χ2n) is 6.11. The van der Waals surface area contributed by atoms with E-state index in [0.29, 0.717) is 33.7 Å². The van der Waals surface area contributed by atoms with Crippen LogP contribution in [0.25, 0.3) is 0 Å². The molecule has 0 aliphatic carbocycles. The Morgan fingerprint density at radius 1 is 1.11 bits per heavy atom. The SMILES string of the molecule is O=C(NCc1ccc2c(c1)OCO2)c1cccnc1SCc1ccccc1Cl. The maximum absolute atomic E-state index is 12.7. The van der Waals surface area contributed by atoms with E-state index in [1.165, 1.54) is 11.8 Å². The van der Waals surface area contributed by atoms with Crippen molar-refractivity contribution in [1.29, 1.82) is 0 Å². The average Bonchev–Trinajstić information content (AvgIpc) is 3.19. The zero-order chi connectivity index (χ0) is 19.3. The highest BCUT2D eigenvalue weighted by Gasteiger charge is 2.16. The predicted molar refractivity (Wildman–Crippen MR) is 109 cm³/mol. The van der Waals surface area contributed by atoms with E-state index in [0.717, 1.165) is 16.9 Å². The predicted octanol–water partition coefficient (Wildman–Crippen LogP) is 4.69. The number of benzene rings is 2. The van der Waals surface area contributed by atoms with E-state index in [-0.39, 0.29) is 12.7 Å². The molecule has 0 bridgehead atoms. The van der Waals surface area contributed by atoms with Crippen molar-refractivity contribution in [3.63, 3.8) is 0 Å². The molecule has 2 heterocycles. The van der Waals surface area contributed by atoms with E-state index < -0.39 is 0 Å². The van der Waals surface area contributed by atoms with Gasteiger partial charge in [0.05, 0.1) is 5.56 Å². The number of hydrogen-bond donors (Lipinski definition) is 1. The van der Waals surface area contributed by atoms with Crippen LogP contribution in [0.15, 0.2) is 65.8 Å². The standard InChI is InChI=1S/C21H17ClN2O3S/c22-17-6-2-1-4-15(17)12-28-21-16(5-3-9-23-21)20(25)24-11-14-7-8-18-19(10-14)27-13-26-18/h1-10H,11-13H2,(H,24,25). The van der Waals surface area contributed by atoms with Gasteiger partial charge in [-0.15, -0.1) is 11.8 Å². The summed E-state index contributed by atoms with van der Waals surface area (Å²) in [5, 5.41) is 4.32. The number of amides is 1. The van der Waals surface area contributed by atoms with Gasteiger partial charge in [0.25, 0.3) is 5.91 Å². The van der Waals surface area contributed by atoms with Gasteiger partial charge in [-0.2, -0.15) is 0 Å². The van der Waals surface area contributed by atoms with Gasteiger partial charge in [-0.1, -0.05) is 35.9 Å². The number of carbonyl (C=O) groups excluding carboxylic acids is 1. The molecular formula is C21H17ClN2O3S. The van der Waals surface area contributed by atoms with Crippen molar-refractivity contribution in [3.8, 4) is 11.5 Å². The van der Waals surface area contributed by atoms with Crippen LogP contribution in [0.3, 0.4) is 0 Å². The van der Waals surface area contributed by atoms with Gasteiger partial charge < -0.3 is 14.8 Å². The van der Waals surface area contributed by atoms with Crippen molar-refractivity contribution >= 4 is 29.3 Å². The Morgan fingerprint density at radius 2 is 1.96 bits per heavy atom. The lowest BCUT2D eigenvalue weighted by Gasteiger charge is -2.10. The van der Waals surface area contributed by atoms with Crippen LogP contribution in [-0.2, 0) is 12.3 Å². The first-order valence-electron chi connectivity index (χ1n) is 8.68. The van der Waals surface area contributed by atoms with Crippen LogP contribution in [-0.4, -0.2) is 17.7 Å². The number of ether oxygens (including phenoxy) is 2. The first-order chi connectivity index (χ1) is 13.7. The Hall–Kier alpha value is -2.70. The van der Waals surface area contributed by atoms with Crippen LogP contribution in [0.4, 0.5) is 0 Å². The fourth-order valence-corrected chi connectivity index (χ4v) is 4.05. The quantitative estimate of drug-likeness (QED) is 0.595. The first kappa shape index (κ1) is 18.7. The number of nitrogens with zero attached hydrogens (tertiary/aromatic N) is 1. The third-order valence-corrected chi connectivity index (χ3v) is 5.65. The van der Waals surface area contributed by atoms with Crippen molar-refractivity contribution in [3.05, 3.63) is 82.5 Å². The molecule has 1 aliphatic rings. The summed E-state index contributed by atoms with van der Waals surface area (Å²) in [5.41, 5.74) is 2.48. The third-order valence-electron chi connectivity index (χ3n) is 4.23. The van der Waals surface area contributed by atoms with Crippen molar-refractivity contribution in [1.82, 2.24) is 10.3 Å². The van der Waals surface area contributed by atoms with Crippen molar-refractivity contribution in [2.24, 2.45) is 0 Å². The maximum Gasteiger partial charge on any atom is 0.254 e. The normalized spacial score (nSPS) is 12.0. The molecule has 0 spiro atoms. The fraction of sp³-hybridized carbons (Fsp3) is 0.143. The summed E-state index contributed by atoms with van der Waals surface area (Å²) in [7, 11) is 0. The summed E-state index contributed by atoms with van der Waals surface area (Å²) in [5.74, 6) is 1.89. The molecule has 3 aromatic rings. The van der Waals surface area contributed by atoms with Crippen molar-refractivity contribution in [2.75, 3.05) is 6.79 Å². The molecule has 0 saturated carbocycles. The summed E-state index contributed by atoms with van der Waals surface area (Å²) in [6.45, 7) is 0.617. The molecule has 1 aliphatic heterocycles. The van der Waals surface area contributed by atoms with Gasteiger partial charge in [0.2, 0.25) is 6.79 Å². The highest BCUT2D eigenvalue weighted by Crippen LogP contribution is 2.32. The van der Waals surface area contributed by atoms with Gasteiger partial charge in [0.1, 0.15) is 5.03 Å². The molecule has 7 heteroatoms. The van der Waals surface area contributed by atoms with Crippen molar-refractivity contribution < 1.29 is 14.3 Å². The van der Waals surface area contributed by atoms with E-state index in [9.17, 15) is 4.79 Å². The van der Waals surface area contributed by atoms with Crippen molar-refractivity contribution in [2.45, 2.75) is 17.3 Å². The smallest absolute Gasteiger partial charge is 0.254 e. The Labute approximate surface area is 172 Å². The Morgan fingerprint density at radius 3 is 2.86 bits per heavy atom. The van der Waals surface area contributed by atoms with Crippen LogP contribution in [0.2, 0.25) is 5.02 Å². The van der Waals surface area contributed by atoms with Gasteiger partial charge in [-0.05, 0) is 41.5 Å². The molecule has 1 N–H and O–H groups in total. The molecule has 2 aromatic carbocycles. The van der Waals surface area contributed by atoms with E-state index in [4.69, 9.17) is 21.1 Å². The Kier molecular flexibility index (Phi) is 5.69. The minimum atomic E-state index is -0.174. The van der Waals surface area contributed by atoms with Crippen LogP contribution >= 0.6 is 23.4 Å². The second kappa shape index (κ2) is 8.54. The lowest BCUT2D eigenvalue weighted by molar-refractivity contribution is 0.0947. The number of nitrogens with one attached hydrogen (secondary N) is 1. The van der Waals surface area contributed by atoms with Gasteiger partial charge >= 0.3 is 0 Å². The number of hydrogen-bond acceptors (Lipinski definition) is 5. The fourth-order valence-electron chi connectivity index (χ4n) is 2.77. The Balaban J connectivity index is 1.42. The number of halogens is 1. The van der Waals surface area contributed by atoms with Gasteiger partial charge in [-0.3, -0.25) is 4.79 Å². The molecule has 0 atom stereocenters. The van der Waals surface area contributed by atoms with Crippen LogP contribution in [0.5, 0.6) is 11.5 Å². The van der Waals surface area contributed by atoms with Gasteiger partial charge in [-0.25, -0.2) is 4.98 Å². The average molecular weight is 413 g/mol. The lowest BCUT2D eigenvalue weighted by Crippen LogP contribution is -2.23. The summed E-state index contributed by atoms with van der Waals surface area (Å²) in [6.07, 6.45) is 1.68. The molecule has 0 saturated heterocycles. The van der Waals surface area contributed by atoms with Gasteiger partial charge in [0, 0.05) is 23.5 Å². The molecule has 0 radical (unpaired) electrons. The maximum atomic E-state index is 12.7. The third kappa shape index (κ3) is 4.24. The summed E-state index contributed by atoms with van der Waals surface area (Å²) >= 11 is 7.71. The molecule has 142 valence electrons. The lowest BCUT2D eigenvalue weighted by atomic mass is 10.2. The highest BCUT2D eigenvalue weighted by molar-refractivity contribution is 7.98. The summed E-state index contributed by atoms with van der Waals surface area (Å²) < 4.78 is 10.7. The largest absolute Gasteiger partial charge is 0.454 e. The minimum Gasteiger partial charge on any atom is -0.454 e. The monoisotopic (exact) mass is 412 g/mol. The number of rotatable bonds is 6. The molecule has 5 nitrogen and oxygen atoms in total. The molecule has 0 fully saturated rings. The molecule has 0 unspecified atom stereocenters. The van der Waals surface area contributed by atoms with Crippen LogP contribution in [0.1, 0.15) is 21.5 Å². The zero-order valence-electron chi connectivity index (χ0n) is 14.9. The minimum absolute atomic E-state index is 0.174. The Bertz CT molecular complexity index is 1010. The van der Waals surface area contributed by atoms with E-state index >= 15 is 0 Å².